The number of ether oxygens (including phenoxy) is 2. The summed E-state index contributed by atoms with van der Waals surface area (Å²) in [5.74, 6) is -0.863. The number of oxime groups is 1. The summed E-state index contributed by atoms with van der Waals surface area (Å²) < 4.78 is 11.0. The van der Waals surface area contributed by atoms with Gasteiger partial charge in [0.1, 0.15) is 19.8 Å². The van der Waals surface area contributed by atoms with Gasteiger partial charge >= 0.3 is 12.0 Å². The molecule has 0 aliphatic carbocycles. The number of hydrogen-bond donors (Lipinski definition) is 0. The normalized spacial score (nSPS) is 18.9. The van der Waals surface area contributed by atoms with E-state index in [2.05, 4.69) is 10.1 Å². The van der Waals surface area contributed by atoms with Crippen molar-refractivity contribution in [1.82, 2.24) is 19.6 Å². The highest BCUT2D eigenvalue weighted by atomic mass is 35.5. The molecule has 3 aliphatic rings. The van der Waals surface area contributed by atoms with E-state index in [-0.39, 0.29) is 49.1 Å². The van der Waals surface area contributed by atoms with Gasteiger partial charge in [-0.2, -0.15) is 0 Å². The zero-order chi connectivity index (χ0) is 36.5. The van der Waals surface area contributed by atoms with Crippen LogP contribution < -0.4 is 0 Å². The molecule has 5 rings (SSSR count). The highest BCUT2D eigenvalue weighted by Gasteiger charge is 2.35. The van der Waals surface area contributed by atoms with E-state index in [0.717, 1.165) is 44.5 Å². The van der Waals surface area contributed by atoms with Gasteiger partial charge in [-0.25, -0.2) is 4.79 Å². The van der Waals surface area contributed by atoms with Crippen LogP contribution in [0.5, 0.6) is 0 Å². The number of likely N-dealkylation sites (tertiary alicyclic amines) is 1. The molecule has 3 heterocycles. The average molecular weight is 786 g/mol. The Balaban J connectivity index is 1.20. The molecule has 278 valence electrons. The first kappa shape index (κ1) is 39.4. The molecule has 15 heteroatoms. The van der Waals surface area contributed by atoms with Gasteiger partial charge in [-0.3, -0.25) is 9.59 Å². The maximum absolute atomic E-state index is 13.5. The number of rotatable bonds is 13. The van der Waals surface area contributed by atoms with Crippen molar-refractivity contribution in [3.05, 3.63) is 67.6 Å². The van der Waals surface area contributed by atoms with Crippen molar-refractivity contribution in [3.63, 3.8) is 0 Å². The van der Waals surface area contributed by atoms with Crippen molar-refractivity contribution in [1.29, 1.82) is 0 Å². The van der Waals surface area contributed by atoms with Crippen LogP contribution in [0.4, 0.5) is 4.79 Å². The van der Waals surface area contributed by atoms with Crippen LogP contribution in [0.25, 0.3) is 0 Å². The third kappa shape index (κ3) is 10.9. The van der Waals surface area contributed by atoms with Crippen LogP contribution in [0, 0.1) is 0 Å². The largest absolute Gasteiger partial charge is 0.461 e. The average Bonchev–Trinajstić information content (AvgIpc) is 3.10. The number of amides is 3. The van der Waals surface area contributed by atoms with Gasteiger partial charge in [-0.15, -0.1) is 0 Å². The summed E-state index contributed by atoms with van der Waals surface area (Å²) in [6.45, 7) is 4.90. The Morgan fingerprint density at radius 1 is 0.961 bits per heavy atom. The molecule has 0 saturated carbocycles. The monoisotopic (exact) mass is 783 g/mol. The molecule has 3 fully saturated rings. The number of piperidine rings is 1. The highest BCUT2D eigenvalue weighted by molar-refractivity contribution is 6.42. The topological polar surface area (TPSA) is 104 Å². The second-order valence-corrected chi connectivity index (χ2v) is 14.9. The van der Waals surface area contributed by atoms with E-state index in [1.165, 1.54) is 7.11 Å². The number of urea groups is 1. The van der Waals surface area contributed by atoms with Gasteiger partial charge in [0.05, 0.1) is 35.5 Å². The standard InChI is InChI=1S/C36H45Cl4N5O6/c1-42(35(47)25-18-26(37)21-27(38)19-25)22-33(41-49-2)30(24-4-5-31(39)32(40)20-24)8-15-43-13-6-28(7-14-43)45-12-3-11-44(36(45)48)23-34(46)51-29-9-16-50-17-10-29/h4-5,18-21,28-30H,3,6-17,22-23H2,1-2H3/b41-33+. The van der Waals surface area contributed by atoms with Crippen LogP contribution in [-0.4, -0.2) is 129 Å². The van der Waals surface area contributed by atoms with Crippen LogP contribution in [0.1, 0.15) is 60.4 Å². The predicted octanol–water partition coefficient (Wildman–Crippen LogP) is 6.86. The van der Waals surface area contributed by atoms with Crippen molar-refractivity contribution in [2.75, 3.05) is 73.2 Å². The maximum atomic E-state index is 13.5. The van der Waals surface area contributed by atoms with Crippen molar-refractivity contribution < 1.29 is 28.7 Å². The lowest BCUT2D eigenvalue weighted by Gasteiger charge is -2.43. The van der Waals surface area contributed by atoms with Gasteiger partial charge < -0.3 is 33.9 Å². The van der Waals surface area contributed by atoms with E-state index in [1.807, 2.05) is 17.0 Å². The third-order valence-electron chi connectivity index (χ3n) is 9.67. The Hall–Kier alpha value is -2.80. The molecule has 0 bridgehead atoms. The lowest BCUT2D eigenvalue weighted by atomic mass is 9.89. The molecular weight excluding hydrogens is 740 g/mol. The van der Waals surface area contributed by atoms with Crippen LogP contribution in [0.2, 0.25) is 20.1 Å². The van der Waals surface area contributed by atoms with Crippen molar-refractivity contribution in [3.8, 4) is 0 Å². The van der Waals surface area contributed by atoms with E-state index in [9.17, 15) is 14.4 Å². The Morgan fingerprint density at radius 3 is 2.33 bits per heavy atom. The fourth-order valence-corrected chi connectivity index (χ4v) is 7.85. The molecule has 51 heavy (non-hydrogen) atoms. The summed E-state index contributed by atoms with van der Waals surface area (Å²) in [7, 11) is 3.17. The molecule has 0 aromatic heterocycles. The Kier molecular flexibility index (Phi) is 14.5. The first-order valence-electron chi connectivity index (χ1n) is 17.3. The quantitative estimate of drug-likeness (QED) is 0.124. The van der Waals surface area contributed by atoms with Gasteiger partial charge in [0.15, 0.2) is 0 Å². The molecule has 3 aliphatic heterocycles. The highest BCUT2D eigenvalue weighted by Crippen LogP contribution is 2.31. The molecule has 1 atom stereocenters. The van der Waals surface area contributed by atoms with Gasteiger partial charge in [0.2, 0.25) is 0 Å². The Morgan fingerprint density at radius 2 is 1.67 bits per heavy atom. The predicted molar refractivity (Wildman–Crippen MR) is 199 cm³/mol. The lowest BCUT2D eigenvalue weighted by Crippen LogP contribution is -2.56. The minimum absolute atomic E-state index is 0.0272. The second-order valence-electron chi connectivity index (χ2n) is 13.2. The number of benzene rings is 2. The fourth-order valence-electron chi connectivity index (χ4n) is 7.02. The van der Waals surface area contributed by atoms with Crippen LogP contribution in [0.3, 0.4) is 0 Å². The van der Waals surface area contributed by atoms with Crippen LogP contribution >= 0.6 is 46.4 Å². The number of esters is 1. The van der Waals surface area contributed by atoms with E-state index in [4.69, 9.17) is 60.7 Å². The summed E-state index contributed by atoms with van der Waals surface area (Å²) in [4.78, 5) is 52.3. The van der Waals surface area contributed by atoms with Gasteiger partial charge in [0, 0.05) is 73.6 Å². The summed E-state index contributed by atoms with van der Waals surface area (Å²) >= 11 is 25.1. The van der Waals surface area contributed by atoms with Gasteiger partial charge in [0.25, 0.3) is 5.91 Å². The van der Waals surface area contributed by atoms with E-state index in [0.29, 0.717) is 76.9 Å². The first-order chi connectivity index (χ1) is 24.5. The molecule has 0 N–H and O–H groups in total. The number of hydrogen-bond acceptors (Lipinski definition) is 8. The Labute approximate surface area is 319 Å². The Bertz CT molecular complexity index is 1550. The zero-order valence-corrected chi connectivity index (χ0v) is 32.0. The number of nitrogens with zero attached hydrogens (tertiary/aromatic N) is 5. The van der Waals surface area contributed by atoms with Crippen LogP contribution in [-0.2, 0) is 19.1 Å². The molecular formula is C36H45Cl4N5O6. The number of halogens is 4. The second kappa shape index (κ2) is 18.8. The molecule has 11 nitrogen and oxygen atoms in total. The molecule has 0 spiro atoms. The van der Waals surface area contributed by atoms with Gasteiger partial charge in [-0.05, 0) is 68.1 Å². The first-order valence-corrected chi connectivity index (χ1v) is 18.8. The number of carbonyl (C=O) groups is 3. The fraction of sp³-hybridized carbons (Fsp3) is 0.556. The summed E-state index contributed by atoms with van der Waals surface area (Å²) in [5, 5.41) is 6.01. The smallest absolute Gasteiger partial charge is 0.325 e. The molecule has 2 aromatic rings. The van der Waals surface area contributed by atoms with E-state index < -0.39 is 0 Å². The third-order valence-corrected chi connectivity index (χ3v) is 10.8. The zero-order valence-electron chi connectivity index (χ0n) is 29.0. The SMILES string of the molecule is CO/N=C(\CN(C)C(=O)c1cc(Cl)cc(Cl)c1)C(CCN1CCC(N2CCCN(CC(=O)OC3CCOCC3)C2=O)CC1)c1ccc(Cl)c(Cl)c1. The molecule has 2 aromatic carbocycles. The molecule has 1 unspecified atom stereocenters. The maximum Gasteiger partial charge on any atom is 0.325 e. The van der Waals surface area contributed by atoms with Crippen molar-refractivity contribution in [2.24, 2.45) is 5.16 Å². The summed E-state index contributed by atoms with van der Waals surface area (Å²) in [6, 6.07) is 10.2. The van der Waals surface area contributed by atoms with Crippen molar-refractivity contribution >= 4 is 70.0 Å². The van der Waals surface area contributed by atoms with E-state index >= 15 is 0 Å². The van der Waals surface area contributed by atoms with E-state index in [1.54, 1.807) is 41.1 Å². The molecule has 3 saturated heterocycles. The lowest BCUT2D eigenvalue weighted by molar-refractivity contribution is -0.154. The number of carbonyl (C=O) groups excluding carboxylic acids is 3. The van der Waals surface area contributed by atoms with Gasteiger partial charge in [-0.1, -0.05) is 57.6 Å². The minimum Gasteiger partial charge on any atom is -0.461 e. The molecule has 0 radical (unpaired) electrons. The summed E-state index contributed by atoms with van der Waals surface area (Å²) in [5.41, 5.74) is 1.91. The van der Waals surface area contributed by atoms with Crippen molar-refractivity contribution in [2.45, 2.75) is 56.6 Å². The summed E-state index contributed by atoms with van der Waals surface area (Å²) in [6.07, 6.45) is 4.36. The molecule has 3 amide bonds. The van der Waals surface area contributed by atoms with Crippen LogP contribution in [0.15, 0.2) is 41.6 Å². The minimum atomic E-state index is -0.357.